The third kappa shape index (κ3) is 4.86. The van der Waals surface area contributed by atoms with Crippen molar-refractivity contribution in [2.75, 3.05) is 0 Å². The van der Waals surface area contributed by atoms with Crippen LogP contribution in [0.2, 0.25) is 0 Å². The molecule has 1 aliphatic rings. The van der Waals surface area contributed by atoms with Crippen LogP contribution in [0.1, 0.15) is 84.5 Å². The Labute approximate surface area is 102 Å². The topological polar surface area (TPSA) is 26.0 Å². The van der Waals surface area contributed by atoms with Crippen molar-refractivity contribution in [1.82, 2.24) is 0 Å². The normalized spacial score (nSPS) is 31.3. The van der Waals surface area contributed by atoms with E-state index >= 15 is 0 Å². The van der Waals surface area contributed by atoms with Crippen LogP contribution in [-0.2, 0) is 0 Å². The molecule has 1 aliphatic carbocycles. The zero-order valence-corrected chi connectivity index (χ0v) is 11.4. The Hall–Kier alpha value is -0.0400. The van der Waals surface area contributed by atoms with Gasteiger partial charge in [-0.3, -0.25) is 0 Å². The molecule has 1 nitrogen and oxygen atoms in total. The van der Waals surface area contributed by atoms with Gasteiger partial charge in [-0.25, -0.2) is 0 Å². The molecule has 1 fully saturated rings. The summed E-state index contributed by atoms with van der Waals surface area (Å²) in [5.41, 5.74) is 6.75. The van der Waals surface area contributed by atoms with Crippen molar-refractivity contribution in [3.8, 4) is 0 Å². The smallest absolute Gasteiger partial charge is 0.0154 e. The first kappa shape index (κ1) is 14.0. The van der Waals surface area contributed by atoms with E-state index in [4.69, 9.17) is 5.73 Å². The van der Waals surface area contributed by atoms with Gasteiger partial charge in [0, 0.05) is 5.54 Å². The molecule has 0 amide bonds. The van der Waals surface area contributed by atoms with E-state index < -0.39 is 0 Å². The zero-order chi connectivity index (χ0) is 11.9. The van der Waals surface area contributed by atoms with Gasteiger partial charge in [0.2, 0.25) is 0 Å². The van der Waals surface area contributed by atoms with E-state index in [1.54, 1.807) is 0 Å². The van der Waals surface area contributed by atoms with Gasteiger partial charge >= 0.3 is 0 Å². The highest BCUT2D eigenvalue weighted by Crippen LogP contribution is 2.33. The van der Waals surface area contributed by atoms with Crippen molar-refractivity contribution in [2.24, 2.45) is 11.7 Å². The van der Waals surface area contributed by atoms with Crippen LogP contribution in [-0.4, -0.2) is 5.54 Å². The van der Waals surface area contributed by atoms with Gasteiger partial charge in [-0.1, -0.05) is 58.8 Å². The summed E-state index contributed by atoms with van der Waals surface area (Å²) >= 11 is 0. The maximum Gasteiger partial charge on any atom is 0.0154 e. The van der Waals surface area contributed by atoms with Gasteiger partial charge in [0.1, 0.15) is 0 Å². The van der Waals surface area contributed by atoms with Crippen molar-refractivity contribution in [2.45, 2.75) is 90.0 Å². The second-order valence-electron chi connectivity index (χ2n) is 5.91. The van der Waals surface area contributed by atoms with Crippen molar-refractivity contribution in [3.05, 3.63) is 0 Å². The molecule has 0 radical (unpaired) electrons. The van der Waals surface area contributed by atoms with Gasteiger partial charge in [-0.05, 0) is 31.6 Å². The molecule has 0 aromatic heterocycles. The van der Waals surface area contributed by atoms with E-state index in [9.17, 15) is 0 Å². The molecule has 0 aromatic carbocycles. The quantitative estimate of drug-likeness (QED) is 0.517. The van der Waals surface area contributed by atoms with Gasteiger partial charge < -0.3 is 5.73 Å². The summed E-state index contributed by atoms with van der Waals surface area (Å²) in [6.45, 7) is 4.58. The Morgan fingerprint density at radius 3 is 2.56 bits per heavy atom. The maximum absolute atomic E-state index is 6.56. The Balaban J connectivity index is 2.32. The average molecular weight is 225 g/mol. The Morgan fingerprint density at radius 1 is 1.06 bits per heavy atom. The van der Waals surface area contributed by atoms with Crippen molar-refractivity contribution >= 4 is 0 Å². The monoisotopic (exact) mass is 225 g/mol. The fraction of sp³-hybridized carbons (Fsp3) is 1.00. The second-order valence-corrected chi connectivity index (χ2v) is 5.91. The zero-order valence-electron chi connectivity index (χ0n) is 11.4. The molecule has 1 rings (SSSR count). The molecular formula is C15H31N. The number of nitrogens with two attached hydrogens (primary N) is 1. The molecule has 2 unspecified atom stereocenters. The van der Waals surface area contributed by atoms with E-state index in [0.29, 0.717) is 0 Å². The lowest BCUT2D eigenvalue weighted by Gasteiger charge is -2.28. The van der Waals surface area contributed by atoms with Crippen LogP contribution in [0.3, 0.4) is 0 Å². The lowest BCUT2D eigenvalue weighted by atomic mass is 9.85. The van der Waals surface area contributed by atoms with Crippen molar-refractivity contribution < 1.29 is 0 Å². The first-order valence-corrected chi connectivity index (χ1v) is 7.49. The molecule has 2 atom stereocenters. The fourth-order valence-corrected chi connectivity index (χ4v) is 3.18. The lowest BCUT2D eigenvalue weighted by Crippen LogP contribution is -2.39. The minimum absolute atomic E-state index is 0.192. The summed E-state index contributed by atoms with van der Waals surface area (Å²) in [5, 5.41) is 0. The van der Waals surface area contributed by atoms with Gasteiger partial charge in [0.05, 0.1) is 0 Å². The summed E-state index contributed by atoms with van der Waals surface area (Å²) in [5.74, 6) is 0.974. The van der Waals surface area contributed by atoms with Gasteiger partial charge in [0.15, 0.2) is 0 Å². The predicted molar refractivity (Wildman–Crippen MR) is 72.5 cm³/mol. The van der Waals surface area contributed by atoms with Crippen LogP contribution in [0.25, 0.3) is 0 Å². The molecule has 0 heterocycles. The van der Waals surface area contributed by atoms with Crippen LogP contribution in [0, 0.1) is 5.92 Å². The number of rotatable bonds is 6. The van der Waals surface area contributed by atoms with E-state index in [2.05, 4.69) is 13.8 Å². The number of hydrogen-bond acceptors (Lipinski definition) is 1. The van der Waals surface area contributed by atoms with Gasteiger partial charge in [-0.15, -0.1) is 0 Å². The maximum atomic E-state index is 6.56. The van der Waals surface area contributed by atoms with Crippen LogP contribution in [0.5, 0.6) is 0 Å². The highest BCUT2D eigenvalue weighted by Gasteiger charge is 2.28. The van der Waals surface area contributed by atoms with Crippen molar-refractivity contribution in [3.63, 3.8) is 0 Å². The predicted octanol–water partition coefficient (Wildman–Crippen LogP) is 4.64. The molecule has 1 heteroatoms. The van der Waals surface area contributed by atoms with E-state index in [1.807, 2.05) is 0 Å². The van der Waals surface area contributed by atoms with Crippen LogP contribution < -0.4 is 5.73 Å². The molecule has 0 aromatic rings. The van der Waals surface area contributed by atoms with Gasteiger partial charge in [0.25, 0.3) is 0 Å². The molecular weight excluding hydrogens is 194 g/mol. The summed E-state index contributed by atoms with van der Waals surface area (Å²) in [7, 11) is 0. The SMILES string of the molecule is CCCCCC1(N)CCCC(CCC)CC1. The van der Waals surface area contributed by atoms with Crippen LogP contribution >= 0.6 is 0 Å². The highest BCUT2D eigenvalue weighted by atomic mass is 14.7. The molecule has 0 aliphatic heterocycles. The number of hydrogen-bond donors (Lipinski definition) is 1. The van der Waals surface area contributed by atoms with E-state index in [1.165, 1.54) is 70.6 Å². The highest BCUT2D eigenvalue weighted by molar-refractivity contribution is 4.87. The third-order valence-corrected chi connectivity index (χ3v) is 4.31. The first-order valence-electron chi connectivity index (χ1n) is 7.49. The Kier molecular flexibility index (Phi) is 6.41. The largest absolute Gasteiger partial charge is 0.325 e. The molecule has 96 valence electrons. The van der Waals surface area contributed by atoms with Crippen LogP contribution in [0.15, 0.2) is 0 Å². The minimum atomic E-state index is 0.192. The van der Waals surface area contributed by atoms with E-state index in [-0.39, 0.29) is 5.54 Å². The van der Waals surface area contributed by atoms with Crippen LogP contribution in [0.4, 0.5) is 0 Å². The summed E-state index contributed by atoms with van der Waals surface area (Å²) < 4.78 is 0. The lowest BCUT2D eigenvalue weighted by molar-refractivity contribution is 0.324. The average Bonchev–Trinajstić information content (AvgIpc) is 2.43. The summed E-state index contributed by atoms with van der Waals surface area (Å²) in [6.07, 6.45) is 14.8. The molecule has 1 saturated carbocycles. The summed E-state index contributed by atoms with van der Waals surface area (Å²) in [6, 6.07) is 0. The molecule has 0 spiro atoms. The first-order chi connectivity index (χ1) is 7.70. The van der Waals surface area contributed by atoms with Crippen molar-refractivity contribution in [1.29, 1.82) is 0 Å². The number of unbranched alkanes of at least 4 members (excludes halogenated alkanes) is 2. The second kappa shape index (κ2) is 7.32. The Bertz CT molecular complexity index is 178. The Morgan fingerprint density at radius 2 is 1.88 bits per heavy atom. The molecule has 0 saturated heterocycles. The summed E-state index contributed by atoms with van der Waals surface area (Å²) in [4.78, 5) is 0. The fourth-order valence-electron chi connectivity index (χ4n) is 3.18. The molecule has 0 bridgehead atoms. The molecule has 2 N–H and O–H groups in total. The standard InChI is InChI=1S/C15H31N/c1-3-5-6-11-15(16)12-7-9-14(8-4-2)10-13-15/h14H,3-13,16H2,1-2H3. The third-order valence-electron chi connectivity index (χ3n) is 4.31. The van der Waals surface area contributed by atoms with Gasteiger partial charge in [-0.2, -0.15) is 0 Å². The minimum Gasteiger partial charge on any atom is -0.325 e. The molecule has 16 heavy (non-hydrogen) atoms. The van der Waals surface area contributed by atoms with E-state index in [0.717, 1.165) is 5.92 Å².